The van der Waals surface area contributed by atoms with Crippen LogP contribution in [0.5, 0.6) is 17.2 Å². The molecule has 0 radical (unpaired) electrons. The Morgan fingerprint density at radius 2 is 1.67 bits per heavy atom. The van der Waals surface area contributed by atoms with Gasteiger partial charge < -0.3 is 19.5 Å². The van der Waals surface area contributed by atoms with E-state index >= 15 is 0 Å². The van der Waals surface area contributed by atoms with E-state index in [1.807, 2.05) is 36.4 Å². The predicted molar refractivity (Wildman–Crippen MR) is 133 cm³/mol. The van der Waals surface area contributed by atoms with Gasteiger partial charge in [-0.2, -0.15) is 0 Å². The second-order valence-corrected chi connectivity index (χ2v) is 7.99. The minimum Gasteiger partial charge on any atom is -0.497 e. The zero-order chi connectivity index (χ0) is 22.8. The third kappa shape index (κ3) is 3.78. The zero-order valence-corrected chi connectivity index (χ0v) is 19.1. The van der Waals surface area contributed by atoms with Crippen LogP contribution in [-0.4, -0.2) is 20.8 Å². The molecule has 4 aromatic rings. The van der Waals surface area contributed by atoms with Gasteiger partial charge in [-0.15, -0.1) is 0 Å². The first kappa shape index (κ1) is 21.0. The maximum Gasteiger partial charge on any atom is 0.150 e. The molecule has 0 fully saturated rings. The second-order valence-electron chi connectivity index (χ2n) is 7.99. The van der Waals surface area contributed by atoms with Crippen LogP contribution in [0.2, 0.25) is 0 Å². The molecule has 0 aromatic heterocycles. The first-order valence-corrected chi connectivity index (χ1v) is 11.2. The highest BCUT2D eigenvalue weighted by Gasteiger charge is 2.30. The summed E-state index contributed by atoms with van der Waals surface area (Å²) in [6, 6.07) is 29.0. The van der Waals surface area contributed by atoms with Crippen molar-refractivity contribution in [2.75, 3.05) is 26.1 Å². The molecule has 0 saturated carbocycles. The summed E-state index contributed by atoms with van der Waals surface area (Å²) in [6.07, 6.45) is -0.263. The first-order chi connectivity index (χ1) is 16.2. The Labute approximate surface area is 194 Å². The summed E-state index contributed by atoms with van der Waals surface area (Å²) in [6.45, 7) is 2.97. The van der Waals surface area contributed by atoms with Crippen LogP contribution < -0.4 is 19.5 Å². The van der Waals surface area contributed by atoms with Crippen LogP contribution in [-0.2, 0) is 0 Å². The number of nitrogens with one attached hydrogen (secondary N) is 1. The molecule has 0 bridgehead atoms. The maximum atomic E-state index is 6.60. The number of para-hydroxylation sites is 1. The summed E-state index contributed by atoms with van der Waals surface area (Å²) in [7, 11) is 3.38. The molecule has 0 saturated heterocycles. The number of fused-ring (bicyclic) bond motifs is 3. The summed E-state index contributed by atoms with van der Waals surface area (Å²) < 4.78 is 17.8. The standard InChI is InChI=1S/C29H27NO3/c1-4-30-25-12-6-5-11-22(25)19-15-16-23-24(18-19)29(20-9-7-10-21(17-20)31-2)33-27-14-8-13-26(32-3)28(23)27/h5-18,29-30H,4H2,1-3H3. The number of hydrogen-bond donors (Lipinski definition) is 1. The normalized spacial score (nSPS) is 14.0. The Bertz CT molecular complexity index is 1300. The monoisotopic (exact) mass is 437 g/mol. The van der Waals surface area contributed by atoms with E-state index in [9.17, 15) is 0 Å². The Hall–Kier alpha value is -3.92. The fourth-order valence-electron chi connectivity index (χ4n) is 4.54. The van der Waals surface area contributed by atoms with Gasteiger partial charge in [0, 0.05) is 28.9 Å². The molecule has 1 unspecified atom stereocenters. The molecule has 4 aromatic carbocycles. The molecular weight excluding hydrogens is 410 g/mol. The third-order valence-corrected chi connectivity index (χ3v) is 6.06. The molecule has 1 aliphatic rings. The van der Waals surface area contributed by atoms with Gasteiger partial charge >= 0.3 is 0 Å². The van der Waals surface area contributed by atoms with Crippen molar-refractivity contribution in [1.82, 2.24) is 0 Å². The quantitative estimate of drug-likeness (QED) is 0.354. The highest BCUT2D eigenvalue weighted by atomic mass is 16.5. The van der Waals surface area contributed by atoms with E-state index in [1.54, 1.807) is 14.2 Å². The molecule has 0 spiro atoms. The van der Waals surface area contributed by atoms with Gasteiger partial charge in [0.25, 0.3) is 0 Å². The molecule has 1 atom stereocenters. The lowest BCUT2D eigenvalue weighted by molar-refractivity contribution is 0.241. The van der Waals surface area contributed by atoms with E-state index in [0.29, 0.717) is 0 Å². The van der Waals surface area contributed by atoms with Gasteiger partial charge in [-0.25, -0.2) is 0 Å². The number of hydrogen-bond acceptors (Lipinski definition) is 4. The van der Waals surface area contributed by atoms with Gasteiger partial charge in [-0.1, -0.05) is 48.5 Å². The minimum absolute atomic E-state index is 0.263. The number of anilines is 1. The molecule has 1 N–H and O–H groups in total. The van der Waals surface area contributed by atoms with E-state index in [4.69, 9.17) is 14.2 Å². The van der Waals surface area contributed by atoms with Gasteiger partial charge in [-0.05, 0) is 54.4 Å². The highest BCUT2D eigenvalue weighted by molar-refractivity contribution is 5.86. The highest BCUT2D eigenvalue weighted by Crippen LogP contribution is 2.50. The van der Waals surface area contributed by atoms with Crippen LogP contribution in [0.25, 0.3) is 22.3 Å². The van der Waals surface area contributed by atoms with E-state index in [-0.39, 0.29) is 6.10 Å². The third-order valence-electron chi connectivity index (χ3n) is 6.06. The Morgan fingerprint density at radius 1 is 0.818 bits per heavy atom. The van der Waals surface area contributed by atoms with Crippen molar-refractivity contribution in [3.63, 3.8) is 0 Å². The molecule has 166 valence electrons. The number of rotatable bonds is 6. The summed E-state index contributed by atoms with van der Waals surface area (Å²) in [5, 5.41) is 3.48. The lowest BCUT2D eigenvalue weighted by Crippen LogP contribution is -2.16. The number of benzene rings is 4. The fourth-order valence-corrected chi connectivity index (χ4v) is 4.54. The average molecular weight is 438 g/mol. The molecule has 1 aliphatic heterocycles. The summed E-state index contributed by atoms with van der Waals surface area (Å²) in [5.41, 5.74) is 7.67. The molecule has 1 heterocycles. The van der Waals surface area contributed by atoms with Crippen molar-refractivity contribution >= 4 is 5.69 Å². The Morgan fingerprint density at radius 3 is 2.48 bits per heavy atom. The molecule has 33 heavy (non-hydrogen) atoms. The van der Waals surface area contributed by atoms with E-state index in [0.717, 1.165) is 62.9 Å². The van der Waals surface area contributed by atoms with Crippen LogP contribution in [0.15, 0.2) is 84.9 Å². The summed E-state index contributed by atoms with van der Waals surface area (Å²) >= 11 is 0. The molecular formula is C29H27NO3. The lowest BCUT2D eigenvalue weighted by atomic mass is 9.86. The lowest BCUT2D eigenvalue weighted by Gasteiger charge is -2.31. The van der Waals surface area contributed by atoms with E-state index < -0.39 is 0 Å². The van der Waals surface area contributed by atoms with Crippen molar-refractivity contribution in [2.24, 2.45) is 0 Å². The molecule has 4 nitrogen and oxygen atoms in total. The smallest absolute Gasteiger partial charge is 0.150 e. The van der Waals surface area contributed by atoms with Crippen LogP contribution in [0.3, 0.4) is 0 Å². The Kier molecular flexibility index (Phi) is 5.66. The van der Waals surface area contributed by atoms with Crippen molar-refractivity contribution in [1.29, 1.82) is 0 Å². The van der Waals surface area contributed by atoms with Crippen molar-refractivity contribution in [2.45, 2.75) is 13.0 Å². The number of ether oxygens (including phenoxy) is 3. The van der Waals surface area contributed by atoms with Gasteiger partial charge in [0.05, 0.1) is 19.8 Å². The first-order valence-electron chi connectivity index (χ1n) is 11.2. The fraction of sp³-hybridized carbons (Fsp3) is 0.172. The minimum atomic E-state index is -0.263. The van der Waals surface area contributed by atoms with Crippen LogP contribution in [0.4, 0.5) is 5.69 Å². The number of methoxy groups -OCH3 is 2. The van der Waals surface area contributed by atoms with Crippen molar-refractivity contribution in [3.05, 3.63) is 96.1 Å². The van der Waals surface area contributed by atoms with Gasteiger partial charge in [-0.3, -0.25) is 0 Å². The largest absolute Gasteiger partial charge is 0.497 e. The van der Waals surface area contributed by atoms with E-state index in [1.165, 1.54) is 0 Å². The Balaban J connectivity index is 1.72. The molecule has 0 aliphatic carbocycles. The SMILES string of the molecule is CCNc1ccccc1-c1ccc2c(c1)C(c1cccc(OC)c1)Oc1cccc(OC)c1-2. The van der Waals surface area contributed by atoms with Gasteiger partial charge in [0.1, 0.15) is 23.4 Å². The van der Waals surface area contributed by atoms with E-state index in [2.05, 4.69) is 60.8 Å². The molecule has 0 amide bonds. The summed E-state index contributed by atoms with van der Waals surface area (Å²) in [5.74, 6) is 2.43. The van der Waals surface area contributed by atoms with Crippen LogP contribution in [0, 0.1) is 0 Å². The average Bonchev–Trinajstić information content (AvgIpc) is 2.88. The van der Waals surface area contributed by atoms with Crippen LogP contribution >= 0.6 is 0 Å². The summed E-state index contributed by atoms with van der Waals surface area (Å²) in [4.78, 5) is 0. The maximum absolute atomic E-state index is 6.60. The second kappa shape index (κ2) is 8.91. The van der Waals surface area contributed by atoms with Crippen LogP contribution in [0.1, 0.15) is 24.2 Å². The van der Waals surface area contributed by atoms with Crippen molar-refractivity contribution < 1.29 is 14.2 Å². The zero-order valence-electron chi connectivity index (χ0n) is 19.1. The molecule has 4 heteroatoms. The predicted octanol–water partition coefficient (Wildman–Crippen LogP) is 6.95. The van der Waals surface area contributed by atoms with Crippen molar-refractivity contribution in [3.8, 4) is 39.5 Å². The van der Waals surface area contributed by atoms with Gasteiger partial charge in [0.15, 0.2) is 0 Å². The topological polar surface area (TPSA) is 39.7 Å². The molecule has 5 rings (SSSR count). The van der Waals surface area contributed by atoms with Gasteiger partial charge in [0.2, 0.25) is 0 Å².